The molecule has 5 aromatic rings. The van der Waals surface area contributed by atoms with Crippen LogP contribution in [0.15, 0.2) is 109 Å². The van der Waals surface area contributed by atoms with Gasteiger partial charge in [-0.25, -0.2) is 14.7 Å². The van der Waals surface area contributed by atoms with E-state index >= 15 is 0 Å². The van der Waals surface area contributed by atoms with Crippen LogP contribution in [-0.2, 0) is 43.6 Å². The molecule has 4 unspecified atom stereocenters. The molecule has 3 heterocycles. The Morgan fingerprint density at radius 3 is 2.50 bits per heavy atom. The van der Waals surface area contributed by atoms with Crippen molar-refractivity contribution in [3.05, 3.63) is 132 Å². The van der Waals surface area contributed by atoms with E-state index in [2.05, 4.69) is 14.9 Å². The number of aromatic nitrogens is 2. The van der Waals surface area contributed by atoms with E-state index in [-0.39, 0.29) is 31.8 Å². The van der Waals surface area contributed by atoms with Crippen molar-refractivity contribution in [1.82, 2.24) is 14.9 Å². The Labute approximate surface area is 276 Å². The average Bonchev–Trinajstić information content (AvgIpc) is 3.66. The zero-order valence-corrected chi connectivity index (χ0v) is 26.0. The van der Waals surface area contributed by atoms with Gasteiger partial charge in [0.2, 0.25) is 5.91 Å². The first-order chi connectivity index (χ1) is 23.4. The van der Waals surface area contributed by atoms with E-state index < -0.39 is 30.2 Å². The van der Waals surface area contributed by atoms with Gasteiger partial charge in [-0.05, 0) is 41.0 Å². The molecule has 7 rings (SSSR count). The van der Waals surface area contributed by atoms with Gasteiger partial charge in [-0.3, -0.25) is 9.59 Å². The number of imide groups is 1. The topological polar surface area (TPSA) is 132 Å². The fourth-order valence-corrected chi connectivity index (χ4v) is 6.14. The second-order valence-corrected chi connectivity index (χ2v) is 11.9. The molecule has 244 valence electrons. The highest BCUT2D eigenvalue weighted by molar-refractivity contribution is 6.22. The van der Waals surface area contributed by atoms with Gasteiger partial charge in [0.25, 0.3) is 5.91 Å². The Morgan fingerprint density at radius 1 is 0.896 bits per heavy atom. The normalized spacial score (nSPS) is 21.1. The lowest BCUT2D eigenvalue weighted by molar-refractivity contribution is -0.252. The number of nitrogens with zero attached hydrogens (tertiary/aromatic N) is 3. The number of hydrogen-bond acceptors (Lipinski definition) is 8. The maximum absolute atomic E-state index is 13.4. The highest BCUT2D eigenvalue weighted by atomic mass is 16.7. The fraction of sp³-hybridized carbons (Fsp3) is 0.243. The van der Waals surface area contributed by atoms with Crippen LogP contribution in [0.25, 0.3) is 11.0 Å². The second-order valence-electron chi connectivity index (χ2n) is 11.9. The number of aliphatic hydroxyl groups is 1. The number of ether oxygens (including phenoxy) is 3. The number of fused-ring (bicyclic) bond motifs is 1. The molecule has 48 heavy (non-hydrogen) atoms. The number of carbonyl (C=O) groups is 3. The van der Waals surface area contributed by atoms with Gasteiger partial charge in [-0.2, -0.15) is 0 Å². The Hall–Kier alpha value is -5.36. The predicted octanol–water partition coefficient (Wildman–Crippen LogP) is 5.33. The first kappa shape index (κ1) is 31.3. The van der Waals surface area contributed by atoms with Gasteiger partial charge in [0.15, 0.2) is 6.29 Å². The number of alkyl carbamates (subject to hydrolysis) is 1. The number of benzene rings is 4. The summed E-state index contributed by atoms with van der Waals surface area (Å²) in [5.74, 6) is -0.992. The van der Waals surface area contributed by atoms with Crippen LogP contribution in [0.4, 0.5) is 10.5 Å². The van der Waals surface area contributed by atoms with Crippen molar-refractivity contribution < 1.29 is 33.7 Å². The van der Waals surface area contributed by atoms with Gasteiger partial charge in [0.1, 0.15) is 12.6 Å². The molecule has 0 aliphatic carbocycles. The minimum Gasteiger partial charge on any atom is -0.445 e. The van der Waals surface area contributed by atoms with Crippen LogP contribution in [0.2, 0.25) is 0 Å². The number of amides is 3. The molecule has 11 heteroatoms. The minimum atomic E-state index is -1.05. The smallest absolute Gasteiger partial charge is 0.408 e. The Balaban J connectivity index is 1.09. The summed E-state index contributed by atoms with van der Waals surface area (Å²) in [7, 11) is 0. The number of anilines is 1. The molecule has 2 saturated heterocycles. The second kappa shape index (κ2) is 13.8. The lowest BCUT2D eigenvalue weighted by Crippen LogP contribution is -2.42. The van der Waals surface area contributed by atoms with Crippen LogP contribution in [0.3, 0.4) is 0 Å². The lowest BCUT2D eigenvalue weighted by Gasteiger charge is -2.36. The average molecular weight is 647 g/mol. The van der Waals surface area contributed by atoms with Gasteiger partial charge in [-0.15, -0.1) is 0 Å². The van der Waals surface area contributed by atoms with Crippen molar-refractivity contribution in [3.63, 3.8) is 0 Å². The molecular weight excluding hydrogens is 612 g/mol. The van der Waals surface area contributed by atoms with Crippen molar-refractivity contribution in [2.45, 2.75) is 57.1 Å². The third kappa shape index (κ3) is 6.70. The summed E-state index contributed by atoms with van der Waals surface area (Å²) in [5, 5.41) is 12.1. The molecule has 1 aromatic heterocycles. The number of rotatable bonds is 9. The standard InChI is InChI=1S/C37H34N4O7/c42-21-24-13-15-26(16-14-24)33-18-29(20-40-23-38-30-11-4-5-12-32(30)40)47-36(48-33)27-9-6-10-28(17-27)41-34(43)19-31(35(41)44)39-37(45)46-22-25-7-2-1-3-8-25/h1-17,23,29,31,33,36,42H,18-22H2,(H,39,45). The van der Waals surface area contributed by atoms with Crippen LogP contribution in [0.5, 0.6) is 0 Å². The zero-order chi connectivity index (χ0) is 33.0. The van der Waals surface area contributed by atoms with Crippen molar-refractivity contribution in [2.24, 2.45) is 0 Å². The fourth-order valence-electron chi connectivity index (χ4n) is 6.14. The predicted molar refractivity (Wildman–Crippen MR) is 175 cm³/mol. The van der Waals surface area contributed by atoms with Crippen molar-refractivity contribution in [2.75, 3.05) is 4.90 Å². The van der Waals surface area contributed by atoms with E-state index in [4.69, 9.17) is 14.2 Å². The SMILES string of the molecule is O=C(NC1CC(=O)N(c2cccc(C3OC(Cn4cnc5ccccc54)CC(c4ccc(CO)cc4)O3)c2)C1=O)OCc1ccccc1. The number of imidazole rings is 1. The zero-order valence-electron chi connectivity index (χ0n) is 26.0. The largest absolute Gasteiger partial charge is 0.445 e. The van der Waals surface area contributed by atoms with E-state index in [0.717, 1.165) is 32.6 Å². The van der Waals surface area contributed by atoms with E-state index in [1.165, 1.54) is 0 Å². The molecule has 11 nitrogen and oxygen atoms in total. The third-order valence-electron chi connectivity index (χ3n) is 8.59. The highest BCUT2D eigenvalue weighted by Gasteiger charge is 2.41. The monoisotopic (exact) mass is 646 g/mol. The summed E-state index contributed by atoms with van der Waals surface area (Å²) in [6.45, 7) is 0.515. The quantitative estimate of drug-likeness (QED) is 0.206. The summed E-state index contributed by atoms with van der Waals surface area (Å²) >= 11 is 0. The van der Waals surface area contributed by atoms with E-state index in [9.17, 15) is 19.5 Å². The Bertz CT molecular complexity index is 1930. The first-order valence-electron chi connectivity index (χ1n) is 15.8. The maximum atomic E-state index is 13.4. The molecule has 0 spiro atoms. The van der Waals surface area contributed by atoms with Crippen LogP contribution >= 0.6 is 0 Å². The van der Waals surface area contributed by atoms with Crippen molar-refractivity contribution in [1.29, 1.82) is 0 Å². The van der Waals surface area contributed by atoms with E-state index in [1.54, 1.807) is 24.5 Å². The highest BCUT2D eigenvalue weighted by Crippen LogP contribution is 2.39. The molecule has 2 fully saturated rings. The molecule has 3 amide bonds. The molecule has 2 N–H and O–H groups in total. The summed E-state index contributed by atoms with van der Waals surface area (Å²) in [6.07, 6.45) is 0.000132. The molecule has 0 saturated carbocycles. The molecule has 0 radical (unpaired) electrons. The summed E-state index contributed by atoms with van der Waals surface area (Å²) < 4.78 is 20.4. The third-order valence-corrected chi connectivity index (χ3v) is 8.59. The molecule has 2 aliphatic rings. The molecule has 0 bridgehead atoms. The summed E-state index contributed by atoms with van der Waals surface area (Å²) in [4.78, 5) is 44.5. The van der Waals surface area contributed by atoms with Crippen molar-refractivity contribution in [3.8, 4) is 0 Å². The van der Waals surface area contributed by atoms with Crippen LogP contribution in [-0.4, -0.2) is 44.7 Å². The number of hydrogen-bond donors (Lipinski definition) is 2. The molecule has 2 aliphatic heterocycles. The van der Waals surface area contributed by atoms with Gasteiger partial charge in [0.05, 0.1) is 54.8 Å². The maximum Gasteiger partial charge on any atom is 0.408 e. The van der Waals surface area contributed by atoms with Gasteiger partial charge in [-0.1, -0.05) is 78.9 Å². The van der Waals surface area contributed by atoms with E-state index in [0.29, 0.717) is 24.2 Å². The first-order valence-corrected chi connectivity index (χ1v) is 15.8. The number of para-hydroxylation sites is 2. The molecular formula is C37H34N4O7. The van der Waals surface area contributed by atoms with Gasteiger partial charge >= 0.3 is 6.09 Å². The van der Waals surface area contributed by atoms with Crippen LogP contribution in [0, 0.1) is 0 Å². The van der Waals surface area contributed by atoms with Gasteiger partial charge < -0.3 is 29.2 Å². The molecule has 4 aromatic carbocycles. The summed E-state index contributed by atoms with van der Waals surface area (Å²) in [5.41, 5.74) is 5.41. The van der Waals surface area contributed by atoms with Gasteiger partial charge in [0, 0.05) is 12.0 Å². The lowest BCUT2D eigenvalue weighted by atomic mass is 10.00. The van der Waals surface area contributed by atoms with Crippen LogP contribution < -0.4 is 10.2 Å². The minimum absolute atomic E-state index is 0.0410. The Kier molecular flexibility index (Phi) is 8.97. The number of nitrogens with one attached hydrogen (secondary N) is 1. The summed E-state index contributed by atoms with van der Waals surface area (Å²) in [6, 6.07) is 30.6. The Morgan fingerprint density at radius 2 is 1.69 bits per heavy atom. The van der Waals surface area contributed by atoms with Crippen molar-refractivity contribution >= 4 is 34.6 Å². The number of aliphatic hydroxyl groups excluding tert-OH is 1. The van der Waals surface area contributed by atoms with E-state index in [1.807, 2.05) is 84.9 Å². The molecule has 4 atom stereocenters. The number of carbonyl (C=O) groups excluding carboxylic acids is 3. The van der Waals surface area contributed by atoms with Crippen LogP contribution in [0.1, 0.15) is 47.5 Å².